The van der Waals surface area contributed by atoms with E-state index in [0.717, 1.165) is 5.92 Å². The third-order valence-corrected chi connectivity index (χ3v) is 7.95. The van der Waals surface area contributed by atoms with Crippen LogP contribution in [0.15, 0.2) is 24.0 Å². The lowest BCUT2D eigenvalue weighted by molar-refractivity contribution is -0.299. The van der Waals surface area contributed by atoms with E-state index in [2.05, 4.69) is 52.8 Å². The number of allylic oxidation sites excluding steroid dienone is 3. The number of hydrogen-bond donors (Lipinski definition) is 0. The Morgan fingerprint density at radius 2 is 2.05 bits per heavy atom. The maximum absolute atomic E-state index is 6.41. The molecule has 4 rings (SSSR count). The Balaban J connectivity index is 1.77. The van der Waals surface area contributed by atoms with Crippen molar-refractivity contribution in [2.24, 2.45) is 34.5 Å². The average molecular weight is 286 g/mol. The molecule has 0 amide bonds. The van der Waals surface area contributed by atoms with Gasteiger partial charge in [0.25, 0.3) is 0 Å². The van der Waals surface area contributed by atoms with Gasteiger partial charge in [0.1, 0.15) is 11.4 Å². The van der Waals surface area contributed by atoms with Gasteiger partial charge < -0.3 is 4.74 Å². The molecule has 3 aliphatic carbocycles. The van der Waals surface area contributed by atoms with Gasteiger partial charge in [0.15, 0.2) is 0 Å². The monoisotopic (exact) mass is 286 g/mol. The fraction of sp³-hybridized carbons (Fsp3) is 0.800. The van der Waals surface area contributed by atoms with Crippen molar-refractivity contribution < 1.29 is 4.74 Å². The summed E-state index contributed by atoms with van der Waals surface area (Å²) in [6.45, 7) is 12.1. The largest absolute Gasteiger partial charge is 0.490 e. The Bertz CT molecular complexity index is 530. The third kappa shape index (κ3) is 1.31. The lowest BCUT2D eigenvalue weighted by Crippen LogP contribution is -2.75. The smallest absolute Gasteiger partial charge is 0.122 e. The van der Waals surface area contributed by atoms with E-state index in [1.807, 2.05) is 0 Å². The minimum Gasteiger partial charge on any atom is -0.490 e. The van der Waals surface area contributed by atoms with Crippen molar-refractivity contribution in [1.82, 2.24) is 0 Å². The minimum absolute atomic E-state index is 0.154. The molecule has 0 aromatic rings. The van der Waals surface area contributed by atoms with E-state index in [-0.39, 0.29) is 5.60 Å². The molecule has 0 N–H and O–H groups in total. The zero-order valence-electron chi connectivity index (χ0n) is 14.3. The topological polar surface area (TPSA) is 9.23 Å². The number of hydrogen-bond acceptors (Lipinski definition) is 1. The summed E-state index contributed by atoms with van der Waals surface area (Å²) in [5, 5.41) is 0. The van der Waals surface area contributed by atoms with Crippen molar-refractivity contribution in [1.29, 1.82) is 0 Å². The molecule has 1 saturated carbocycles. The molecule has 0 aromatic carbocycles. The van der Waals surface area contributed by atoms with Gasteiger partial charge in [-0.25, -0.2) is 0 Å². The molecule has 4 aliphatic rings. The van der Waals surface area contributed by atoms with Gasteiger partial charge in [-0.3, -0.25) is 0 Å². The van der Waals surface area contributed by atoms with Crippen molar-refractivity contribution in [3.63, 3.8) is 0 Å². The maximum Gasteiger partial charge on any atom is 0.122 e. The highest BCUT2D eigenvalue weighted by Crippen LogP contribution is 2.78. The lowest BCUT2D eigenvalue weighted by Gasteiger charge is -2.75. The highest BCUT2D eigenvalue weighted by Gasteiger charge is 2.76. The summed E-state index contributed by atoms with van der Waals surface area (Å²) in [5.74, 6) is 4.15. The standard InChI is InChI=1S/C20H30O/c1-6-15-8-7-9-19-12-16-17(19)20(21-16,14(4)13(2)3)11-10-18(15,19)5/h7-8,12-15,17H,6,9-11H2,1-5H3. The van der Waals surface area contributed by atoms with Crippen LogP contribution >= 0.6 is 0 Å². The summed E-state index contributed by atoms with van der Waals surface area (Å²) in [6.07, 6.45) is 12.6. The van der Waals surface area contributed by atoms with E-state index in [4.69, 9.17) is 4.74 Å². The first-order valence-corrected chi connectivity index (χ1v) is 9.00. The van der Waals surface area contributed by atoms with Crippen molar-refractivity contribution >= 4 is 0 Å². The van der Waals surface area contributed by atoms with Crippen LogP contribution < -0.4 is 0 Å². The van der Waals surface area contributed by atoms with E-state index in [1.54, 1.807) is 0 Å². The van der Waals surface area contributed by atoms with Gasteiger partial charge in [-0.2, -0.15) is 0 Å². The molecule has 1 aliphatic heterocycles. The molecule has 1 spiro atoms. The average Bonchev–Trinajstić information content (AvgIpc) is 2.41. The fourth-order valence-corrected chi connectivity index (χ4v) is 6.26. The van der Waals surface area contributed by atoms with Crippen molar-refractivity contribution in [3.8, 4) is 0 Å². The minimum atomic E-state index is 0.154. The molecular weight excluding hydrogens is 256 g/mol. The van der Waals surface area contributed by atoms with Crippen LogP contribution in [0.3, 0.4) is 0 Å². The van der Waals surface area contributed by atoms with Crippen LogP contribution in [0, 0.1) is 34.5 Å². The first-order valence-electron chi connectivity index (χ1n) is 9.00. The molecule has 1 heterocycles. The molecule has 6 unspecified atom stereocenters. The SMILES string of the molecule is CCC1C=CCC23C=C4OC(C(C)C(C)C)(CCC12C)C43. The van der Waals surface area contributed by atoms with E-state index < -0.39 is 0 Å². The number of rotatable bonds is 3. The van der Waals surface area contributed by atoms with E-state index >= 15 is 0 Å². The number of ether oxygens (including phenoxy) is 1. The predicted octanol–water partition coefficient (Wildman–Crippen LogP) is 5.33. The molecule has 1 saturated heterocycles. The Morgan fingerprint density at radius 3 is 2.67 bits per heavy atom. The predicted molar refractivity (Wildman–Crippen MR) is 86.7 cm³/mol. The quantitative estimate of drug-likeness (QED) is 0.637. The normalized spacial score (nSPS) is 51.0. The van der Waals surface area contributed by atoms with Gasteiger partial charge in [0.2, 0.25) is 0 Å². The van der Waals surface area contributed by atoms with Crippen LogP contribution in [0.4, 0.5) is 0 Å². The molecule has 1 nitrogen and oxygen atoms in total. The molecule has 116 valence electrons. The first-order chi connectivity index (χ1) is 9.91. The van der Waals surface area contributed by atoms with Crippen molar-refractivity contribution in [2.45, 2.75) is 65.9 Å². The zero-order chi connectivity index (χ0) is 15.0. The second-order valence-electron chi connectivity index (χ2n) is 8.67. The molecule has 0 radical (unpaired) electrons. The van der Waals surface area contributed by atoms with Gasteiger partial charge >= 0.3 is 0 Å². The maximum atomic E-state index is 6.41. The molecule has 21 heavy (non-hydrogen) atoms. The summed E-state index contributed by atoms with van der Waals surface area (Å²) in [7, 11) is 0. The van der Waals surface area contributed by atoms with Crippen molar-refractivity contribution in [2.75, 3.05) is 0 Å². The van der Waals surface area contributed by atoms with Gasteiger partial charge in [0.05, 0.1) is 5.92 Å². The Morgan fingerprint density at radius 1 is 1.29 bits per heavy atom. The van der Waals surface area contributed by atoms with Crippen LogP contribution in [0.25, 0.3) is 0 Å². The van der Waals surface area contributed by atoms with E-state index in [9.17, 15) is 0 Å². The van der Waals surface area contributed by atoms with E-state index in [0.29, 0.717) is 28.6 Å². The van der Waals surface area contributed by atoms with Crippen LogP contribution in [0.2, 0.25) is 0 Å². The second kappa shape index (κ2) is 3.97. The van der Waals surface area contributed by atoms with Gasteiger partial charge in [-0.05, 0) is 54.9 Å². The summed E-state index contributed by atoms with van der Waals surface area (Å²) in [6, 6.07) is 0. The van der Waals surface area contributed by atoms with Crippen LogP contribution in [-0.2, 0) is 4.74 Å². The Hall–Kier alpha value is -0.720. The van der Waals surface area contributed by atoms with E-state index in [1.165, 1.54) is 31.4 Å². The molecule has 2 fully saturated rings. The Labute approximate surface area is 129 Å². The lowest BCUT2D eigenvalue weighted by atomic mass is 9.34. The molecular formula is C20H30O. The third-order valence-electron chi connectivity index (χ3n) is 7.95. The van der Waals surface area contributed by atoms with Crippen molar-refractivity contribution in [3.05, 3.63) is 24.0 Å². The van der Waals surface area contributed by atoms with Crippen LogP contribution in [-0.4, -0.2) is 5.60 Å². The summed E-state index contributed by atoms with van der Waals surface area (Å²) in [4.78, 5) is 0. The molecule has 0 bridgehead atoms. The summed E-state index contributed by atoms with van der Waals surface area (Å²) in [5.41, 5.74) is 1.01. The summed E-state index contributed by atoms with van der Waals surface area (Å²) >= 11 is 0. The van der Waals surface area contributed by atoms with Crippen LogP contribution in [0.1, 0.15) is 60.3 Å². The second-order valence-corrected chi connectivity index (χ2v) is 8.67. The van der Waals surface area contributed by atoms with Gasteiger partial charge in [-0.15, -0.1) is 0 Å². The van der Waals surface area contributed by atoms with Gasteiger partial charge in [0, 0.05) is 5.41 Å². The first kappa shape index (κ1) is 13.9. The highest BCUT2D eigenvalue weighted by atomic mass is 16.5. The summed E-state index contributed by atoms with van der Waals surface area (Å²) < 4.78 is 6.41. The molecule has 0 aromatic heterocycles. The fourth-order valence-electron chi connectivity index (χ4n) is 6.26. The Kier molecular flexibility index (Phi) is 2.63. The molecule has 1 heteroatoms. The molecule has 6 atom stereocenters. The van der Waals surface area contributed by atoms with Crippen LogP contribution in [0.5, 0.6) is 0 Å². The highest BCUT2D eigenvalue weighted by molar-refractivity contribution is 5.44. The van der Waals surface area contributed by atoms with Gasteiger partial charge in [-0.1, -0.05) is 46.8 Å². The zero-order valence-corrected chi connectivity index (χ0v) is 14.3.